The molecule has 0 atom stereocenters. The predicted octanol–water partition coefficient (Wildman–Crippen LogP) is 3.67. The summed E-state index contributed by atoms with van der Waals surface area (Å²) >= 11 is 0. The lowest BCUT2D eigenvalue weighted by Gasteiger charge is -2.08. The van der Waals surface area contributed by atoms with Crippen molar-refractivity contribution in [2.75, 3.05) is 12.5 Å². The van der Waals surface area contributed by atoms with Crippen LogP contribution in [0.25, 0.3) is 0 Å². The van der Waals surface area contributed by atoms with E-state index in [0.29, 0.717) is 0 Å². The molecule has 0 unspecified atom stereocenters. The van der Waals surface area contributed by atoms with Crippen LogP contribution < -0.4 is 10.2 Å². The lowest BCUT2D eigenvalue weighted by molar-refractivity contribution is 0.414. The number of ether oxygens (including phenoxy) is 1. The van der Waals surface area contributed by atoms with Gasteiger partial charge in [-0.05, 0) is 43.3 Å². The number of benzene rings is 2. The average Bonchev–Trinajstić information content (AvgIpc) is 2.46. The summed E-state index contributed by atoms with van der Waals surface area (Å²) < 4.78 is 18.0. The molecular formula is C15H15FN2O. The van der Waals surface area contributed by atoms with Crippen molar-refractivity contribution < 1.29 is 9.13 Å². The molecule has 0 aliphatic carbocycles. The van der Waals surface area contributed by atoms with Crippen LogP contribution in [0.3, 0.4) is 0 Å². The number of hydrogen-bond donors (Lipinski definition) is 1. The second-order valence-electron chi connectivity index (χ2n) is 4.02. The Hall–Kier alpha value is -2.36. The third-order valence-corrected chi connectivity index (χ3v) is 2.69. The van der Waals surface area contributed by atoms with Gasteiger partial charge in [-0.25, -0.2) is 4.39 Å². The Morgan fingerprint density at radius 2 is 1.79 bits per heavy atom. The van der Waals surface area contributed by atoms with E-state index in [-0.39, 0.29) is 5.82 Å². The molecule has 3 nitrogen and oxygen atoms in total. The summed E-state index contributed by atoms with van der Waals surface area (Å²) in [5, 5.41) is 4.27. The highest BCUT2D eigenvalue weighted by Gasteiger charge is 2.04. The van der Waals surface area contributed by atoms with Crippen molar-refractivity contribution in [2.45, 2.75) is 6.92 Å². The lowest BCUT2D eigenvalue weighted by Crippen LogP contribution is -2.02. The van der Waals surface area contributed by atoms with Crippen molar-refractivity contribution in [1.82, 2.24) is 0 Å². The Balaban J connectivity index is 2.16. The van der Waals surface area contributed by atoms with Gasteiger partial charge >= 0.3 is 0 Å². The molecule has 2 aromatic rings. The van der Waals surface area contributed by atoms with Gasteiger partial charge in [-0.15, -0.1) is 0 Å². The zero-order valence-electron chi connectivity index (χ0n) is 10.9. The van der Waals surface area contributed by atoms with Gasteiger partial charge in [0, 0.05) is 5.56 Å². The van der Waals surface area contributed by atoms with Crippen LogP contribution in [0.5, 0.6) is 5.75 Å². The van der Waals surface area contributed by atoms with Crippen LogP contribution in [0.4, 0.5) is 10.1 Å². The van der Waals surface area contributed by atoms with Crippen molar-refractivity contribution in [3.8, 4) is 5.75 Å². The average molecular weight is 258 g/mol. The standard InChI is InChI=1S/C15H15FN2O/c1-11(14-5-3-4-6-15(14)19-2)17-18-13-9-7-12(16)8-10-13/h3-10,18H,1-2H3/b17-11-. The van der Waals surface area contributed by atoms with Crippen LogP contribution in [0, 0.1) is 5.82 Å². The second-order valence-corrected chi connectivity index (χ2v) is 4.02. The fourth-order valence-corrected chi connectivity index (χ4v) is 1.68. The summed E-state index contributed by atoms with van der Waals surface area (Å²) in [7, 11) is 1.62. The number of anilines is 1. The van der Waals surface area contributed by atoms with Crippen molar-refractivity contribution >= 4 is 11.4 Å². The van der Waals surface area contributed by atoms with Crippen LogP contribution in [-0.4, -0.2) is 12.8 Å². The molecule has 0 heterocycles. The summed E-state index contributed by atoms with van der Waals surface area (Å²) in [6, 6.07) is 13.7. The number of nitrogens with one attached hydrogen (secondary N) is 1. The molecule has 0 saturated carbocycles. The number of halogens is 1. The number of methoxy groups -OCH3 is 1. The maximum Gasteiger partial charge on any atom is 0.127 e. The number of hydrazone groups is 1. The van der Waals surface area contributed by atoms with E-state index >= 15 is 0 Å². The molecule has 0 aliphatic rings. The molecule has 0 bridgehead atoms. The SMILES string of the molecule is COc1ccccc1/C(C)=N\Nc1ccc(F)cc1. The molecule has 19 heavy (non-hydrogen) atoms. The van der Waals surface area contributed by atoms with E-state index in [1.54, 1.807) is 19.2 Å². The molecule has 2 aromatic carbocycles. The number of rotatable bonds is 4. The van der Waals surface area contributed by atoms with Gasteiger partial charge < -0.3 is 4.74 Å². The molecule has 0 radical (unpaired) electrons. The van der Waals surface area contributed by atoms with Gasteiger partial charge in [0.2, 0.25) is 0 Å². The Morgan fingerprint density at radius 1 is 1.11 bits per heavy atom. The highest BCUT2D eigenvalue weighted by Crippen LogP contribution is 2.18. The van der Waals surface area contributed by atoms with Gasteiger partial charge in [-0.1, -0.05) is 12.1 Å². The highest BCUT2D eigenvalue weighted by atomic mass is 19.1. The zero-order valence-corrected chi connectivity index (χ0v) is 10.9. The van der Waals surface area contributed by atoms with Crippen LogP contribution in [0.2, 0.25) is 0 Å². The van der Waals surface area contributed by atoms with Crippen LogP contribution in [0.15, 0.2) is 53.6 Å². The minimum absolute atomic E-state index is 0.268. The summed E-state index contributed by atoms with van der Waals surface area (Å²) in [4.78, 5) is 0. The Morgan fingerprint density at radius 3 is 2.47 bits per heavy atom. The first kappa shape index (κ1) is 13.1. The maximum atomic E-state index is 12.8. The van der Waals surface area contributed by atoms with E-state index in [9.17, 15) is 4.39 Å². The van der Waals surface area contributed by atoms with E-state index in [1.165, 1.54) is 12.1 Å². The van der Waals surface area contributed by atoms with Gasteiger partial charge in [0.1, 0.15) is 11.6 Å². The van der Waals surface area contributed by atoms with Crippen molar-refractivity contribution in [2.24, 2.45) is 5.10 Å². The molecular weight excluding hydrogens is 243 g/mol. The molecule has 0 aliphatic heterocycles. The molecule has 1 N–H and O–H groups in total. The number of hydrogen-bond acceptors (Lipinski definition) is 3. The highest BCUT2D eigenvalue weighted by molar-refractivity contribution is 6.01. The smallest absolute Gasteiger partial charge is 0.127 e. The molecule has 2 rings (SSSR count). The Kier molecular flexibility index (Phi) is 4.13. The minimum atomic E-state index is -0.268. The fourth-order valence-electron chi connectivity index (χ4n) is 1.68. The van der Waals surface area contributed by atoms with Crippen molar-refractivity contribution in [1.29, 1.82) is 0 Å². The predicted molar refractivity (Wildman–Crippen MR) is 75.2 cm³/mol. The van der Waals surface area contributed by atoms with Gasteiger partial charge in [0.25, 0.3) is 0 Å². The molecule has 0 fully saturated rings. The number of para-hydroxylation sites is 1. The zero-order chi connectivity index (χ0) is 13.7. The topological polar surface area (TPSA) is 33.6 Å². The second kappa shape index (κ2) is 6.00. The third-order valence-electron chi connectivity index (χ3n) is 2.69. The Bertz CT molecular complexity index is 579. The van der Waals surface area contributed by atoms with Gasteiger partial charge in [0.15, 0.2) is 0 Å². The molecule has 0 aromatic heterocycles. The third kappa shape index (κ3) is 3.31. The van der Waals surface area contributed by atoms with E-state index in [4.69, 9.17) is 4.74 Å². The van der Waals surface area contributed by atoms with Crippen LogP contribution >= 0.6 is 0 Å². The van der Waals surface area contributed by atoms with Gasteiger partial charge in [-0.2, -0.15) is 5.10 Å². The monoisotopic (exact) mass is 258 g/mol. The summed E-state index contributed by atoms with van der Waals surface area (Å²) in [5.74, 6) is 0.501. The maximum absolute atomic E-state index is 12.8. The quantitative estimate of drug-likeness (QED) is 0.670. The molecule has 0 amide bonds. The minimum Gasteiger partial charge on any atom is -0.496 e. The number of nitrogens with zero attached hydrogens (tertiary/aromatic N) is 1. The fraction of sp³-hybridized carbons (Fsp3) is 0.133. The van der Waals surface area contributed by atoms with Gasteiger partial charge in [0.05, 0.1) is 18.5 Å². The van der Waals surface area contributed by atoms with Crippen molar-refractivity contribution in [3.63, 3.8) is 0 Å². The Labute approximate surface area is 111 Å². The first-order chi connectivity index (χ1) is 9.20. The van der Waals surface area contributed by atoms with Gasteiger partial charge in [-0.3, -0.25) is 5.43 Å². The molecule has 0 spiro atoms. The summed E-state index contributed by atoms with van der Waals surface area (Å²) in [6.45, 7) is 1.88. The van der Waals surface area contributed by atoms with E-state index < -0.39 is 0 Å². The van der Waals surface area contributed by atoms with Crippen molar-refractivity contribution in [3.05, 3.63) is 59.9 Å². The first-order valence-corrected chi connectivity index (χ1v) is 5.90. The largest absolute Gasteiger partial charge is 0.496 e. The van der Waals surface area contributed by atoms with Crippen LogP contribution in [-0.2, 0) is 0 Å². The summed E-state index contributed by atoms with van der Waals surface area (Å²) in [5.41, 5.74) is 5.33. The van der Waals surface area contributed by atoms with Crippen LogP contribution in [0.1, 0.15) is 12.5 Å². The van der Waals surface area contributed by atoms with E-state index in [0.717, 1.165) is 22.7 Å². The first-order valence-electron chi connectivity index (χ1n) is 5.90. The summed E-state index contributed by atoms with van der Waals surface area (Å²) in [6.07, 6.45) is 0. The molecule has 0 saturated heterocycles. The normalized spacial score (nSPS) is 11.2. The van der Waals surface area contributed by atoms with E-state index in [1.807, 2.05) is 31.2 Å². The molecule has 98 valence electrons. The van der Waals surface area contributed by atoms with E-state index in [2.05, 4.69) is 10.5 Å². The molecule has 4 heteroatoms. The lowest BCUT2D eigenvalue weighted by atomic mass is 10.1.